The van der Waals surface area contributed by atoms with Crippen molar-refractivity contribution in [2.45, 2.75) is 45.8 Å². The number of anilines is 1. The molecule has 1 aromatic carbocycles. The van der Waals surface area contributed by atoms with Gasteiger partial charge >= 0.3 is 5.97 Å². The van der Waals surface area contributed by atoms with Gasteiger partial charge in [-0.3, -0.25) is 4.79 Å². The summed E-state index contributed by atoms with van der Waals surface area (Å²) in [5.41, 5.74) is 2.24. The summed E-state index contributed by atoms with van der Waals surface area (Å²) in [5.74, 6) is -3.51. The number of rotatable bonds is 6. The Hall–Kier alpha value is -3.47. The molecule has 0 aliphatic heterocycles. The smallest absolute Gasteiger partial charge is 0.349 e. The monoisotopic (exact) mass is 413 g/mol. The number of carbonyl (C=O) groups is 2. The Kier molecular flexibility index (Phi) is 6.01. The Morgan fingerprint density at radius 2 is 2.00 bits per heavy atom. The van der Waals surface area contributed by atoms with Crippen molar-refractivity contribution in [3.8, 4) is 6.07 Å². The highest BCUT2D eigenvalue weighted by Gasteiger charge is 2.27. The Morgan fingerprint density at radius 1 is 1.30 bits per heavy atom. The van der Waals surface area contributed by atoms with E-state index in [4.69, 9.17) is 4.74 Å². The Morgan fingerprint density at radius 3 is 2.60 bits per heavy atom. The molecule has 156 valence electrons. The second-order valence-electron chi connectivity index (χ2n) is 7.26. The first-order valence-corrected chi connectivity index (χ1v) is 9.48. The average molecular weight is 413 g/mol. The maximum Gasteiger partial charge on any atom is 0.349 e. The second kappa shape index (κ2) is 8.49. The first kappa shape index (κ1) is 21.2. The minimum atomic E-state index is -1.29. The molecule has 1 N–H and O–H groups in total. The summed E-state index contributed by atoms with van der Waals surface area (Å²) in [6, 6.07) is 6.84. The van der Waals surface area contributed by atoms with Crippen LogP contribution in [0.15, 0.2) is 29.8 Å². The van der Waals surface area contributed by atoms with E-state index in [1.54, 1.807) is 6.07 Å². The molecule has 8 heteroatoms. The number of hydrogen-bond acceptors (Lipinski definition) is 4. The van der Waals surface area contributed by atoms with E-state index < -0.39 is 29.6 Å². The lowest BCUT2D eigenvalue weighted by Gasteiger charge is -2.13. The van der Waals surface area contributed by atoms with Crippen molar-refractivity contribution in [1.29, 1.82) is 5.26 Å². The van der Waals surface area contributed by atoms with Crippen molar-refractivity contribution in [3.05, 3.63) is 58.4 Å². The van der Waals surface area contributed by atoms with Gasteiger partial charge in [0, 0.05) is 23.5 Å². The molecule has 0 unspecified atom stereocenters. The van der Waals surface area contributed by atoms with Gasteiger partial charge in [-0.25, -0.2) is 13.6 Å². The van der Waals surface area contributed by atoms with E-state index in [0.717, 1.165) is 41.9 Å². The Balaban J connectivity index is 1.70. The van der Waals surface area contributed by atoms with Gasteiger partial charge in [0.1, 0.15) is 23.3 Å². The van der Waals surface area contributed by atoms with Gasteiger partial charge in [0.15, 0.2) is 6.10 Å². The number of aromatic nitrogens is 1. The molecule has 6 nitrogen and oxygen atoms in total. The van der Waals surface area contributed by atoms with Crippen molar-refractivity contribution in [3.63, 3.8) is 0 Å². The minimum absolute atomic E-state index is 0.243. The number of carbonyl (C=O) groups excluding carboxylic acids is 2. The molecule has 1 heterocycles. The lowest BCUT2D eigenvalue weighted by Crippen LogP contribution is -2.30. The number of aryl methyl sites for hydroxylation is 1. The van der Waals surface area contributed by atoms with Gasteiger partial charge in [-0.05, 0) is 63.5 Å². The number of nitrogens with zero attached hydrogens (tertiary/aromatic N) is 2. The van der Waals surface area contributed by atoms with Crippen molar-refractivity contribution in [1.82, 2.24) is 4.57 Å². The van der Waals surface area contributed by atoms with Gasteiger partial charge in [-0.1, -0.05) is 0 Å². The topological polar surface area (TPSA) is 84.1 Å². The fraction of sp³-hybridized carbons (Fsp3) is 0.318. The van der Waals surface area contributed by atoms with E-state index in [-0.39, 0.29) is 11.3 Å². The van der Waals surface area contributed by atoms with E-state index in [0.29, 0.717) is 12.1 Å². The van der Waals surface area contributed by atoms with Crippen LogP contribution in [0.3, 0.4) is 0 Å². The third kappa shape index (κ3) is 4.57. The van der Waals surface area contributed by atoms with Crippen molar-refractivity contribution in [2.75, 3.05) is 5.32 Å². The van der Waals surface area contributed by atoms with Crippen LogP contribution in [0.25, 0.3) is 6.08 Å². The number of benzene rings is 1. The van der Waals surface area contributed by atoms with E-state index in [9.17, 15) is 23.6 Å². The van der Waals surface area contributed by atoms with E-state index in [1.165, 1.54) is 13.0 Å². The number of ether oxygens (including phenoxy) is 1. The highest BCUT2D eigenvalue weighted by molar-refractivity contribution is 6.01. The van der Waals surface area contributed by atoms with Crippen molar-refractivity contribution in [2.24, 2.45) is 0 Å². The van der Waals surface area contributed by atoms with Crippen LogP contribution in [0, 0.1) is 36.8 Å². The Bertz CT molecular complexity index is 1080. The molecule has 1 aliphatic carbocycles. The van der Waals surface area contributed by atoms with Crippen molar-refractivity contribution < 1.29 is 23.1 Å². The first-order valence-electron chi connectivity index (χ1n) is 9.48. The van der Waals surface area contributed by atoms with E-state index >= 15 is 0 Å². The summed E-state index contributed by atoms with van der Waals surface area (Å²) in [4.78, 5) is 24.6. The molecule has 1 fully saturated rings. The lowest BCUT2D eigenvalue weighted by molar-refractivity contribution is -0.148. The molecule has 3 rings (SSSR count). The fourth-order valence-corrected chi connectivity index (χ4v) is 3.24. The number of esters is 1. The molecular formula is C22H21F2N3O3. The maximum atomic E-state index is 13.7. The zero-order chi connectivity index (χ0) is 22.0. The molecule has 0 spiro atoms. The lowest BCUT2D eigenvalue weighted by atomic mass is 10.1. The second-order valence-corrected chi connectivity index (χ2v) is 7.26. The number of halogens is 2. The summed E-state index contributed by atoms with van der Waals surface area (Å²) in [7, 11) is 0. The quantitative estimate of drug-likeness (QED) is 0.437. The predicted octanol–water partition coefficient (Wildman–Crippen LogP) is 4.20. The standard InChI is InChI=1S/C22H21F2N3O3/c1-12-8-15(13(2)27(12)18-5-6-18)9-16(11-25)22(29)30-14(3)21(28)26-20-7-4-17(23)10-19(20)24/h4,7-10,14,18H,5-6H2,1-3H3,(H,26,28)/b16-9+/t14-/m0/s1. The average Bonchev–Trinajstić information content (AvgIpc) is 3.47. The summed E-state index contributed by atoms with van der Waals surface area (Å²) in [6.45, 7) is 5.18. The molecule has 1 saturated carbocycles. The molecule has 0 saturated heterocycles. The maximum absolute atomic E-state index is 13.7. The molecule has 0 bridgehead atoms. The molecule has 2 aromatic rings. The number of amides is 1. The number of hydrogen-bond donors (Lipinski definition) is 1. The SMILES string of the molecule is Cc1cc(/C=C(\C#N)C(=O)O[C@@H](C)C(=O)Nc2ccc(F)cc2F)c(C)n1C1CC1. The number of nitrogens with one attached hydrogen (secondary N) is 1. The summed E-state index contributed by atoms with van der Waals surface area (Å²) >= 11 is 0. The first-order chi connectivity index (χ1) is 14.2. The van der Waals surface area contributed by atoms with Gasteiger partial charge in [-0.15, -0.1) is 0 Å². The van der Waals surface area contributed by atoms with Crippen LogP contribution in [0.1, 0.15) is 42.8 Å². The molecular weight excluding hydrogens is 392 g/mol. The molecule has 30 heavy (non-hydrogen) atoms. The zero-order valence-corrected chi connectivity index (χ0v) is 16.8. The molecule has 0 radical (unpaired) electrons. The molecule has 1 aliphatic rings. The third-order valence-electron chi connectivity index (χ3n) is 4.92. The summed E-state index contributed by atoms with van der Waals surface area (Å²) < 4.78 is 33.9. The van der Waals surface area contributed by atoms with Gasteiger partial charge < -0.3 is 14.6 Å². The van der Waals surface area contributed by atoms with Gasteiger partial charge in [0.05, 0.1) is 5.69 Å². The van der Waals surface area contributed by atoms with Gasteiger partial charge in [-0.2, -0.15) is 5.26 Å². The van der Waals surface area contributed by atoms with Gasteiger partial charge in [0.2, 0.25) is 0 Å². The Labute approximate surface area is 172 Å². The largest absolute Gasteiger partial charge is 0.448 e. The van der Waals surface area contributed by atoms with Crippen LogP contribution in [-0.2, 0) is 14.3 Å². The molecule has 1 aromatic heterocycles. The highest BCUT2D eigenvalue weighted by Crippen LogP contribution is 2.38. The van der Waals surface area contributed by atoms with Crippen LogP contribution < -0.4 is 5.32 Å². The third-order valence-corrected chi connectivity index (χ3v) is 4.92. The van der Waals surface area contributed by atoms with Crippen LogP contribution in [0.2, 0.25) is 0 Å². The van der Waals surface area contributed by atoms with Crippen LogP contribution in [0.4, 0.5) is 14.5 Å². The van der Waals surface area contributed by atoms with Crippen molar-refractivity contribution >= 4 is 23.6 Å². The van der Waals surface area contributed by atoms with Crippen LogP contribution >= 0.6 is 0 Å². The van der Waals surface area contributed by atoms with Crippen LogP contribution in [-0.4, -0.2) is 22.5 Å². The number of nitriles is 1. The molecule has 1 amide bonds. The van der Waals surface area contributed by atoms with Crippen LogP contribution in [0.5, 0.6) is 0 Å². The normalized spacial score (nSPS) is 14.7. The minimum Gasteiger partial charge on any atom is -0.448 e. The van der Waals surface area contributed by atoms with E-state index in [2.05, 4.69) is 9.88 Å². The summed E-state index contributed by atoms with van der Waals surface area (Å²) in [5, 5.41) is 11.6. The molecule has 1 atom stereocenters. The van der Waals surface area contributed by atoms with Gasteiger partial charge in [0.25, 0.3) is 5.91 Å². The van der Waals surface area contributed by atoms with E-state index in [1.807, 2.05) is 19.9 Å². The summed E-state index contributed by atoms with van der Waals surface area (Å²) in [6.07, 6.45) is 2.35. The fourth-order valence-electron chi connectivity index (χ4n) is 3.24. The predicted molar refractivity (Wildman–Crippen MR) is 106 cm³/mol. The zero-order valence-electron chi connectivity index (χ0n) is 16.8. The highest BCUT2D eigenvalue weighted by atomic mass is 19.1.